The molecule has 0 spiro atoms. The van der Waals surface area contributed by atoms with Crippen LogP contribution in [0.2, 0.25) is 5.02 Å². The number of carboxylic acids is 1. The topological polar surface area (TPSA) is 74.2 Å². The number of ether oxygens (including phenoxy) is 4. The molecule has 1 saturated heterocycles. The first-order chi connectivity index (χ1) is 17.5. The molecule has 3 aromatic rings. The van der Waals surface area contributed by atoms with Gasteiger partial charge in [0.05, 0.1) is 19.8 Å². The number of para-hydroxylation sites is 1. The third-order valence-electron chi connectivity index (χ3n) is 5.96. The minimum absolute atomic E-state index is 0.00886. The Bertz CT molecular complexity index is 1180. The highest BCUT2D eigenvalue weighted by Crippen LogP contribution is 2.44. The Balaban J connectivity index is 1.60. The maximum Gasteiger partial charge on any atom is 0.303 e. The summed E-state index contributed by atoms with van der Waals surface area (Å²) in [5.74, 6) is 1.30. The molecule has 4 rings (SSSR count). The van der Waals surface area contributed by atoms with Crippen LogP contribution in [-0.4, -0.2) is 24.8 Å². The molecule has 0 radical (unpaired) electrons. The Kier molecular flexibility index (Phi) is 9.01. The van der Waals surface area contributed by atoms with Gasteiger partial charge in [0.25, 0.3) is 0 Å². The Hall–Kier alpha value is -3.32. The summed E-state index contributed by atoms with van der Waals surface area (Å²) in [7, 11) is 1.62. The lowest BCUT2D eigenvalue weighted by atomic mass is 9.91. The predicted molar refractivity (Wildman–Crippen MR) is 138 cm³/mol. The molecule has 6 nitrogen and oxygen atoms in total. The average Bonchev–Trinajstić information content (AvgIpc) is 2.89. The van der Waals surface area contributed by atoms with Crippen LogP contribution in [0.25, 0.3) is 0 Å². The van der Waals surface area contributed by atoms with Crippen LogP contribution in [0.4, 0.5) is 0 Å². The second kappa shape index (κ2) is 12.6. The number of halogens is 1. The molecule has 0 bridgehead atoms. The number of hydrogen-bond acceptors (Lipinski definition) is 5. The van der Waals surface area contributed by atoms with E-state index in [1.54, 1.807) is 7.11 Å². The molecule has 1 aliphatic heterocycles. The molecule has 1 fully saturated rings. The van der Waals surface area contributed by atoms with E-state index < -0.39 is 12.3 Å². The van der Waals surface area contributed by atoms with E-state index in [0.717, 1.165) is 16.9 Å². The van der Waals surface area contributed by atoms with Crippen LogP contribution in [0.1, 0.15) is 42.8 Å². The zero-order chi connectivity index (χ0) is 25.3. The minimum atomic E-state index is -0.811. The van der Waals surface area contributed by atoms with E-state index in [1.807, 2.05) is 84.9 Å². The molecule has 36 heavy (non-hydrogen) atoms. The summed E-state index contributed by atoms with van der Waals surface area (Å²) in [6, 6.07) is 22.7. The zero-order valence-corrected chi connectivity index (χ0v) is 20.8. The van der Waals surface area contributed by atoms with Crippen molar-refractivity contribution in [2.75, 3.05) is 13.7 Å². The summed E-state index contributed by atoms with van der Waals surface area (Å²) in [4.78, 5) is 10.8. The largest absolute Gasteiger partial charge is 0.497 e. The molecule has 1 heterocycles. The van der Waals surface area contributed by atoms with Gasteiger partial charge in [-0.15, -0.1) is 0 Å². The lowest BCUT2D eigenvalue weighted by molar-refractivity contribution is -0.244. The van der Waals surface area contributed by atoms with Crippen molar-refractivity contribution in [1.82, 2.24) is 0 Å². The van der Waals surface area contributed by atoms with Crippen molar-refractivity contribution in [2.45, 2.75) is 31.7 Å². The Labute approximate surface area is 216 Å². The van der Waals surface area contributed by atoms with E-state index >= 15 is 0 Å². The molecule has 0 aromatic heterocycles. The summed E-state index contributed by atoms with van der Waals surface area (Å²) < 4.78 is 24.1. The van der Waals surface area contributed by atoms with Gasteiger partial charge in [0.2, 0.25) is 0 Å². The number of allylic oxidation sites excluding steroid dienone is 2. The lowest BCUT2D eigenvalue weighted by Gasteiger charge is -2.37. The first-order valence-corrected chi connectivity index (χ1v) is 12.2. The van der Waals surface area contributed by atoms with Gasteiger partial charge in [-0.2, -0.15) is 0 Å². The van der Waals surface area contributed by atoms with Crippen molar-refractivity contribution in [3.05, 3.63) is 101 Å². The molecule has 3 atom stereocenters. The van der Waals surface area contributed by atoms with Crippen LogP contribution >= 0.6 is 11.6 Å². The van der Waals surface area contributed by atoms with Crippen molar-refractivity contribution in [1.29, 1.82) is 0 Å². The SMILES string of the molecule is COc1ccc(Oc2ccccc2[C@H]2O[C@@H](c3ccccc3Cl)OC[C@H]2C/C=C\CCC(=O)O)cc1. The van der Waals surface area contributed by atoms with Gasteiger partial charge >= 0.3 is 5.97 Å². The number of benzene rings is 3. The van der Waals surface area contributed by atoms with Crippen molar-refractivity contribution in [2.24, 2.45) is 5.92 Å². The first kappa shape index (κ1) is 25.8. The van der Waals surface area contributed by atoms with Gasteiger partial charge in [0.1, 0.15) is 17.2 Å². The summed E-state index contributed by atoms with van der Waals surface area (Å²) >= 11 is 6.44. The molecule has 1 aliphatic rings. The Morgan fingerprint density at radius 2 is 1.69 bits per heavy atom. The van der Waals surface area contributed by atoms with Crippen LogP contribution in [0.5, 0.6) is 17.2 Å². The smallest absolute Gasteiger partial charge is 0.303 e. The van der Waals surface area contributed by atoms with E-state index in [9.17, 15) is 4.79 Å². The van der Waals surface area contributed by atoms with Crippen LogP contribution in [0.3, 0.4) is 0 Å². The third-order valence-corrected chi connectivity index (χ3v) is 6.31. The summed E-state index contributed by atoms with van der Waals surface area (Å²) in [6.45, 7) is 0.445. The number of aliphatic carboxylic acids is 1. The number of carbonyl (C=O) groups is 1. The van der Waals surface area contributed by atoms with Crippen molar-refractivity contribution < 1.29 is 28.8 Å². The fourth-order valence-electron chi connectivity index (χ4n) is 4.11. The van der Waals surface area contributed by atoms with Gasteiger partial charge in [-0.05, 0) is 49.2 Å². The highest BCUT2D eigenvalue weighted by Gasteiger charge is 2.35. The second-order valence-electron chi connectivity index (χ2n) is 8.46. The Morgan fingerprint density at radius 1 is 1.00 bits per heavy atom. The number of carboxylic acid groups (broad SMARTS) is 1. The van der Waals surface area contributed by atoms with E-state index in [-0.39, 0.29) is 18.4 Å². The monoisotopic (exact) mass is 508 g/mol. The second-order valence-corrected chi connectivity index (χ2v) is 8.87. The summed E-state index contributed by atoms with van der Waals surface area (Å²) in [5, 5.41) is 9.47. The maximum absolute atomic E-state index is 10.8. The van der Waals surface area contributed by atoms with Gasteiger partial charge in [-0.25, -0.2) is 0 Å². The van der Waals surface area contributed by atoms with E-state index in [1.165, 1.54) is 0 Å². The quantitative estimate of drug-likeness (QED) is 0.288. The molecular weight excluding hydrogens is 480 g/mol. The molecule has 7 heteroatoms. The van der Waals surface area contributed by atoms with E-state index in [2.05, 4.69) is 0 Å². The van der Waals surface area contributed by atoms with Crippen LogP contribution in [0.15, 0.2) is 84.9 Å². The molecule has 3 aromatic carbocycles. The molecule has 0 amide bonds. The van der Waals surface area contributed by atoms with Crippen LogP contribution in [0, 0.1) is 5.92 Å². The molecular formula is C29H29ClO6. The maximum atomic E-state index is 10.8. The van der Waals surface area contributed by atoms with Gasteiger partial charge in [-0.3, -0.25) is 4.79 Å². The van der Waals surface area contributed by atoms with Crippen LogP contribution in [-0.2, 0) is 14.3 Å². The van der Waals surface area contributed by atoms with Gasteiger partial charge in [0, 0.05) is 28.5 Å². The van der Waals surface area contributed by atoms with Gasteiger partial charge in [0.15, 0.2) is 6.29 Å². The van der Waals surface area contributed by atoms with Gasteiger partial charge < -0.3 is 24.1 Å². The fraction of sp³-hybridized carbons (Fsp3) is 0.276. The zero-order valence-electron chi connectivity index (χ0n) is 20.0. The van der Waals surface area contributed by atoms with Crippen molar-refractivity contribution >= 4 is 17.6 Å². The van der Waals surface area contributed by atoms with Crippen molar-refractivity contribution in [3.8, 4) is 17.2 Å². The Morgan fingerprint density at radius 3 is 2.42 bits per heavy atom. The normalized spacial score (nSPS) is 19.8. The molecule has 0 aliphatic carbocycles. The number of rotatable bonds is 10. The van der Waals surface area contributed by atoms with Gasteiger partial charge in [-0.1, -0.05) is 60.2 Å². The van der Waals surface area contributed by atoms with E-state index in [0.29, 0.717) is 36.0 Å². The van der Waals surface area contributed by atoms with Crippen molar-refractivity contribution in [3.63, 3.8) is 0 Å². The first-order valence-electron chi connectivity index (χ1n) is 11.8. The lowest BCUT2D eigenvalue weighted by Crippen LogP contribution is -2.30. The highest BCUT2D eigenvalue weighted by atomic mass is 35.5. The minimum Gasteiger partial charge on any atom is -0.497 e. The summed E-state index contributed by atoms with van der Waals surface area (Å²) in [5.41, 5.74) is 1.67. The standard InChI is InChI=1S/C29H29ClO6/c1-33-21-15-17-22(18-16-21)35-26-13-8-6-11-24(26)28-20(9-3-2-4-14-27(31)32)19-34-29(36-28)23-10-5-7-12-25(23)30/h2-3,5-8,10-13,15-18,20,28-29H,4,9,14,19H2,1H3,(H,31,32)/b3-2-/t20-,28+,29+/m1/s1. The molecule has 188 valence electrons. The highest BCUT2D eigenvalue weighted by molar-refractivity contribution is 6.31. The summed E-state index contributed by atoms with van der Waals surface area (Å²) in [6.07, 6.45) is 4.18. The molecule has 0 unspecified atom stereocenters. The van der Waals surface area contributed by atoms with Crippen LogP contribution < -0.4 is 9.47 Å². The molecule has 1 N–H and O–H groups in total. The third kappa shape index (κ3) is 6.66. The number of hydrogen-bond donors (Lipinski definition) is 1. The predicted octanol–water partition coefficient (Wildman–Crippen LogP) is 7.35. The molecule has 0 saturated carbocycles. The number of methoxy groups -OCH3 is 1. The van der Waals surface area contributed by atoms with E-state index in [4.69, 9.17) is 35.7 Å². The average molecular weight is 509 g/mol. The fourth-order valence-corrected chi connectivity index (χ4v) is 4.33.